The normalized spacial score (nSPS) is 16.6. The molecule has 2 atom stereocenters. The van der Waals surface area contributed by atoms with Crippen LogP contribution in [0.1, 0.15) is 77.2 Å². The molecule has 1 aromatic carbocycles. The van der Waals surface area contributed by atoms with E-state index in [-0.39, 0.29) is 23.9 Å². The first-order valence-electron chi connectivity index (χ1n) is 12.0. The minimum Gasteiger partial charge on any atom is -0.377 e. The van der Waals surface area contributed by atoms with Gasteiger partial charge in [-0.3, -0.25) is 14.8 Å². The molecular formula is C25H38N4O4. The molecule has 2 unspecified atom stereocenters. The number of benzene rings is 1. The Hall–Kier alpha value is -2.45. The minimum atomic E-state index is -0.477. The van der Waals surface area contributed by atoms with Crippen molar-refractivity contribution in [3.63, 3.8) is 0 Å². The monoisotopic (exact) mass is 458 g/mol. The van der Waals surface area contributed by atoms with E-state index in [2.05, 4.69) is 31.1 Å². The zero-order valence-electron chi connectivity index (χ0n) is 20.3. The molecular weight excluding hydrogens is 420 g/mol. The summed E-state index contributed by atoms with van der Waals surface area (Å²) < 4.78 is 5.51. The highest BCUT2D eigenvalue weighted by Crippen LogP contribution is 2.34. The third-order valence-electron chi connectivity index (χ3n) is 6.46. The van der Waals surface area contributed by atoms with Crippen LogP contribution in [0.4, 0.5) is 0 Å². The molecule has 8 nitrogen and oxygen atoms in total. The van der Waals surface area contributed by atoms with E-state index in [1.54, 1.807) is 0 Å². The maximum Gasteiger partial charge on any atom is 0.233 e. The number of aromatic amines is 1. The van der Waals surface area contributed by atoms with Gasteiger partial charge >= 0.3 is 0 Å². The second kappa shape index (κ2) is 11.1. The van der Waals surface area contributed by atoms with Gasteiger partial charge in [-0.2, -0.15) is 0 Å². The van der Waals surface area contributed by atoms with E-state index in [1.165, 1.54) is 12.8 Å². The predicted molar refractivity (Wildman–Crippen MR) is 126 cm³/mol. The molecule has 0 radical (unpaired) electrons. The average Bonchev–Trinajstić information content (AvgIpc) is 3.43. The van der Waals surface area contributed by atoms with Crippen LogP contribution in [0, 0.1) is 17.3 Å². The standard InChI is InChI=1S/C25H38N4O4/c1-5-33-15-18-10-11-20-21(13-18)27-23(26-20)22(25(2,3)4)28-24(31)19(14-29(32)16-30)12-17-8-6-7-9-17/h10-11,13,16-17,19,22,32H,5-9,12,14-15H2,1-4H3,(H,26,27)(H,28,31). The molecule has 0 saturated heterocycles. The van der Waals surface area contributed by atoms with Crippen molar-refractivity contribution >= 4 is 23.4 Å². The van der Waals surface area contributed by atoms with Crippen molar-refractivity contribution in [2.75, 3.05) is 13.2 Å². The number of amides is 2. The fraction of sp³-hybridized carbons (Fsp3) is 0.640. The smallest absolute Gasteiger partial charge is 0.233 e. The summed E-state index contributed by atoms with van der Waals surface area (Å²) in [5.41, 5.74) is 2.48. The molecule has 1 heterocycles. The molecule has 2 aromatic rings. The van der Waals surface area contributed by atoms with Crippen LogP contribution in [-0.2, 0) is 20.9 Å². The third kappa shape index (κ3) is 6.77. The second-order valence-corrected chi connectivity index (χ2v) is 10.2. The second-order valence-electron chi connectivity index (χ2n) is 10.2. The summed E-state index contributed by atoms with van der Waals surface area (Å²) >= 11 is 0. The third-order valence-corrected chi connectivity index (χ3v) is 6.46. The SMILES string of the molecule is CCOCc1ccc2nc(C(NC(=O)C(CC3CCCC3)CN(O)C=O)C(C)(C)C)[nH]c2c1. The van der Waals surface area contributed by atoms with Crippen LogP contribution in [0.5, 0.6) is 0 Å². The predicted octanol–water partition coefficient (Wildman–Crippen LogP) is 4.35. The molecule has 1 aliphatic carbocycles. The molecule has 1 aromatic heterocycles. The maximum absolute atomic E-state index is 13.4. The van der Waals surface area contributed by atoms with E-state index in [4.69, 9.17) is 9.72 Å². The van der Waals surface area contributed by atoms with Crippen molar-refractivity contribution in [2.24, 2.45) is 17.3 Å². The molecule has 0 spiro atoms. The maximum atomic E-state index is 13.4. The zero-order chi connectivity index (χ0) is 24.0. The van der Waals surface area contributed by atoms with E-state index >= 15 is 0 Å². The number of hydrogen-bond donors (Lipinski definition) is 3. The Bertz CT molecular complexity index is 930. The molecule has 1 saturated carbocycles. The minimum absolute atomic E-state index is 0.0103. The van der Waals surface area contributed by atoms with Gasteiger partial charge in [0, 0.05) is 6.61 Å². The van der Waals surface area contributed by atoms with Crippen LogP contribution in [-0.4, -0.2) is 45.7 Å². The Morgan fingerprint density at radius 3 is 2.73 bits per heavy atom. The van der Waals surface area contributed by atoms with Crippen LogP contribution in [0.25, 0.3) is 11.0 Å². The number of hydrogen-bond acceptors (Lipinski definition) is 5. The van der Waals surface area contributed by atoms with Crippen molar-refractivity contribution in [1.82, 2.24) is 20.3 Å². The Balaban J connectivity index is 1.82. The number of aromatic nitrogens is 2. The van der Waals surface area contributed by atoms with Gasteiger partial charge in [-0.15, -0.1) is 0 Å². The van der Waals surface area contributed by atoms with Crippen molar-refractivity contribution in [2.45, 2.75) is 72.4 Å². The van der Waals surface area contributed by atoms with E-state index in [0.29, 0.717) is 42.9 Å². The van der Waals surface area contributed by atoms with Crippen LogP contribution >= 0.6 is 0 Å². The summed E-state index contributed by atoms with van der Waals surface area (Å²) in [4.78, 5) is 32.6. The average molecular weight is 459 g/mol. The van der Waals surface area contributed by atoms with E-state index < -0.39 is 5.92 Å². The quantitative estimate of drug-likeness (QED) is 0.264. The Morgan fingerprint density at radius 2 is 2.09 bits per heavy atom. The van der Waals surface area contributed by atoms with Gasteiger partial charge in [-0.1, -0.05) is 52.5 Å². The van der Waals surface area contributed by atoms with Crippen molar-refractivity contribution < 1.29 is 19.5 Å². The van der Waals surface area contributed by atoms with Gasteiger partial charge in [0.25, 0.3) is 0 Å². The van der Waals surface area contributed by atoms with Crippen molar-refractivity contribution in [1.29, 1.82) is 0 Å². The molecule has 1 fully saturated rings. The van der Waals surface area contributed by atoms with Gasteiger partial charge in [-0.25, -0.2) is 10.0 Å². The molecule has 8 heteroatoms. The van der Waals surface area contributed by atoms with Gasteiger partial charge in [0.15, 0.2) is 0 Å². The topological polar surface area (TPSA) is 108 Å². The number of rotatable bonds is 11. The van der Waals surface area contributed by atoms with Crippen molar-refractivity contribution in [3.05, 3.63) is 29.6 Å². The molecule has 3 rings (SSSR count). The zero-order valence-corrected chi connectivity index (χ0v) is 20.3. The Kier molecular flexibility index (Phi) is 8.48. The van der Waals surface area contributed by atoms with Gasteiger partial charge in [0.2, 0.25) is 12.3 Å². The van der Waals surface area contributed by atoms with Crippen LogP contribution < -0.4 is 5.32 Å². The molecule has 3 N–H and O–H groups in total. The highest BCUT2D eigenvalue weighted by atomic mass is 16.5. The summed E-state index contributed by atoms with van der Waals surface area (Å²) in [6.45, 7) is 9.32. The summed E-state index contributed by atoms with van der Waals surface area (Å²) in [6, 6.07) is 5.63. The number of hydroxylamine groups is 2. The number of H-pyrrole nitrogens is 1. The summed E-state index contributed by atoms with van der Waals surface area (Å²) in [5.74, 6) is 0.495. The fourth-order valence-electron chi connectivity index (χ4n) is 4.66. The molecule has 0 aliphatic heterocycles. The lowest BCUT2D eigenvalue weighted by molar-refractivity contribution is -0.155. The first kappa shape index (κ1) is 25.2. The van der Waals surface area contributed by atoms with Gasteiger partial charge < -0.3 is 15.0 Å². The number of fused-ring (bicyclic) bond motifs is 1. The number of nitrogens with zero attached hydrogens (tertiary/aromatic N) is 2. The number of carbonyl (C=O) groups excluding carboxylic acids is 2. The summed E-state index contributed by atoms with van der Waals surface area (Å²) in [5, 5.41) is 13.6. The largest absolute Gasteiger partial charge is 0.377 e. The van der Waals surface area contributed by atoms with Crippen LogP contribution in [0.3, 0.4) is 0 Å². The van der Waals surface area contributed by atoms with Crippen LogP contribution in [0.2, 0.25) is 0 Å². The van der Waals surface area contributed by atoms with Crippen LogP contribution in [0.15, 0.2) is 18.2 Å². The number of ether oxygens (including phenoxy) is 1. The number of nitrogens with one attached hydrogen (secondary N) is 2. The molecule has 182 valence electrons. The van der Waals surface area contributed by atoms with Gasteiger partial charge in [-0.05, 0) is 42.4 Å². The number of carbonyl (C=O) groups is 2. The summed E-state index contributed by atoms with van der Waals surface area (Å²) in [6.07, 6.45) is 5.54. The lowest BCUT2D eigenvalue weighted by Gasteiger charge is -2.32. The first-order valence-corrected chi connectivity index (χ1v) is 12.0. The molecule has 1 aliphatic rings. The molecule has 33 heavy (non-hydrogen) atoms. The lowest BCUT2D eigenvalue weighted by Crippen LogP contribution is -2.43. The molecule has 2 amide bonds. The Labute approximate surface area is 196 Å². The van der Waals surface area contributed by atoms with Gasteiger partial charge in [0.1, 0.15) is 5.82 Å². The van der Waals surface area contributed by atoms with E-state index in [0.717, 1.165) is 29.4 Å². The molecule has 0 bridgehead atoms. The summed E-state index contributed by atoms with van der Waals surface area (Å²) in [7, 11) is 0. The van der Waals surface area contributed by atoms with Gasteiger partial charge in [0.05, 0.1) is 36.1 Å². The van der Waals surface area contributed by atoms with Crippen molar-refractivity contribution in [3.8, 4) is 0 Å². The van der Waals surface area contributed by atoms with E-state index in [9.17, 15) is 14.8 Å². The number of imidazole rings is 1. The highest BCUT2D eigenvalue weighted by Gasteiger charge is 2.34. The van der Waals surface area contributed by atoms with E-state index in [1.807, 2.05) is 25.1 Å². The Morgan fingerprint density at radius 1 is 1.36 bits per heavy atom. The first-order chi connectivity index (χ1) is 15.7. The fourth-order valence-corrected chi connectivity index (χ4v) is 4.66. The lowest BCUT2D eigenvalue weighted by atomic mass is 9.85. The highest BCUT2D eigenvalue weighted by molar-refractivity contribution is 5.80.